The van der Waals surface area contributed by atoms with E-state index in [0.717, 1.165) is 23.1 Å². The Morgan fingerprint density at radius 1 is 1.00 bits per heavy atom. The maximum absolute atomic E-state index is 12.2. The normalized spacial score (nSPS) is 11.7. The first kappa shape index (κ1) is 16.7. The predicted molar refractivity (Wildman–Crippen MR) is 89.2 cm³/mol. The number of benzene rings is 2. The van der Waals surface area contributed by atoms with Gasteiger partial charge in [0.15, 0.2) is 0 Å². The van der Waals surface area contributed by atoms with Crippen molar-refractivity contribution in [3.05, 3.63) is 71.3 Å². The summed E-state index contributed by atoms with van der Waals surface area (Å²) >= 11 is 0. The van der Waals surface area contributed by atoms with Gasteiger partial charge >= 0.3 is 5.97 Å². The van der Waals surface area contributed by atoms with Gasteiger partial charge in [0.25, 0.3) is 0 Å². The molecule has 0 fully saturated rings. The second-order valence-electron chi connectivity index (χ2n) is 5.45. The molecule has 23 heavy (non-hydrogen) atoms. The molecule has 0 saturated heterocycles. The molecule has 4 heteroatoms. The Bertz CT molecular complexity index is 667. The number of hydrogen-bond donors (Lipinski definition) is 2. The Hall–Kier alpha value is -2.62. The number of hydrogen-bond acceptors (Lipinski definition) is 2. The van der Waals surface area contributed by atoms with Crippen molar-refractivity contribution in [1.29, 1.82) is 0 Å². The number of aryl methyl sites for hydroxylation is 1. The fourth-order valence-electron chi connectivity index (χ4n) is 2.54. The quantitative estimate of drug-likeness (QED) is 0.826. The van der Waals surface area contributed by atoms with E-state index in [-0.39, 0.29) is 18.7 Å². The second kappa shape index (κ2) is 8.13. The summed E-state index contributed by atoms with van der Waals surface area (Å²) in [6, 6.07) is 16.1. The fourth-order valence-corrected chi connectivity index (χ4v) is 2.54. The number of carboxylic acid groups (broad SMARTS) is 1. The SMILES string of the molecule is CCc1ccccc1CC(=O)N[C@H](Cc1ccccc1)C(=O)O. The van der Waals surface area contributed by atoms with Crippen LogP contribution in [0.15, 0.2) is 54.6 Å². The van der Waals surface area contributed by atoms with Gasteiger partial charge in [0.1, 0.15) is 6.04 Å². The van der Waals surface area contributed by atoms with Gasteiger partial charge in [-0.25, -0.2) is 4.79 Å². The van der Waals surface area contributed by atoms with Crippen molar-refractivity contribution < 1.29 is 14.7 Å². The Balaban J connectivity index is 2.02. The zero-order valence-electron chi connectivity index (χ0n) is 13.2. The lowest BCUT2D eigenvalue weighted by Crippen LogP contribution is -2.43. The van der Waals surface area contributed by atoms with Crippen LogP contribution in [0.4, 0.5) is 0 Å². The number of carbonyl (C=O) groups excluding carboxylic acids is 1. The van der Waals surface area contributed by atoms with Gasteiger partial charge in [0.2, 0.25) is 5.91 Å². The van der Waals surface area contributed by atoms with Crippen LogP contribution < -0.4 is 5.32 Å². The zero-order valence-corrected chi connectivity index (χ0v) is 13.2. The third-order valence-electron chi connectivity index (χ3n) is 3.77. The van der Waals surface area contributed by atoms with Crippen molar-refractivity contribution in [2.45, 2.75) is 32.2 Å². The molecular weight excluding hydrogens is 290 g/mol. The molecule has 2 N–H and O–H groups in total. The van der Waals surface area contributed by atoms with Crippen molar-refractivity contribution >= 4 is 11.9 Å². The first-order valence-corrected chi connectivity index (χ1v) is 7.73. The molecule has 0 aromatic heterocycles. The standard InChI is InChI=1S/C19H21NO3/c1-2-15-10-6-7-11-16(15)13-18(21)20-17(19(22)23)12-14-8-4-3-5-9-14/h3-11,17H,2,12-13H2,1H3,(H,20,21)(H,22,23)/t17-/m1/s1. The summed E-state index contributed by atoms with van der Waals surface area (Å²) in [6.07, 6.45) is 1.32. The van der Waals surface area contributed by atoms with Gasteiger partial charge < -0.3 is 10.4 Å². The van der Waals surface area contributed by atoms with E-state index >= 15 is 0 Å². The lowest BCUT2D eigenvalue weighted by molar-refractivity contribution is -0.141. The van der Waals surface area contributed by atoms with Gasteiger partial charge in [-0.15, -0.1) is 0 Å². The molecule has 0 aliphatic heterocycles. The van der Waals surface area contributed by atoms with E-state index in [2.05, 4.69) is 5.32 Å². The molecule has 0 bridgehead atoms. The highest BCUT2D eigenvalue weighted by atomic mass is 16.4. The summed E-state index contributed by atoms with van der Waals surface area (Å²) in [7, 11) is 0. The molecule has 0 heterocycles. The molecule has 0 saturated carbocycles. The van der Waals surface area contributed by atoms with Crippen LogP contribution in [-0.2, 0) is 28.9 Å². The van der Waals surface area contributed by atoms with Crippen molar-refractivity contribution in [2.24, 2.45) is 0 Å². The molecule has 0 unspecified atom stereocenters. The smallest absolute Gasteiger partial charge is 0.326 e. The van der Waals surface area contributed by atoms with Crippen LogP contribution in [0.25, 0.3) is 0 Å². The van der Waals surface area contributed by atoms with Crippen LogP contribution in [0.5, 0.6) is 0 Å². The summed E-state index contributed by atoms with van der Waals surface area (Å²) in [5, 5.41) is 12.0. The number of carboxylic acids is 1. The van der Waals surface area contributed by atoms with Crippen LogP contribution in [0, 0.1) is 0 Å². The van der Waals surface area contributed by atoms with Crippen molar-refractivity contribution in [1.82, 2.24) is 5.32 Å². The molecule has 0 radical (unpaired) electrons. The highest BCUT2D eigenvalue weighted by Crippen LogP contribution is 2.11. The fraction of sp³-hybridized carbons (Fsp3) is 0.263. The van der Waals surface area contributed by atoms with E-state index in [0.29, 0.717) is 0 Å². The predicted octanol–water partition coefficient (Wildman–Crippen LogP) is 2.60. The number of nitrogens with one attached hydrogen (secondary N) is 1. The lowest BCUT2D eigenvalue weighted by atomic mass is 10.0. The van der Waals surface area contributed by atoms with E-state index in [1.54, 1.807) is 0 Å². The maximum Gasteiger partial charge on any atom is 0.326 e. The lowest BCUT2D eigenvalue weighted by Gasteiger charge is -2.15. The van der Waals surface area contributed by atoms with E-state index < -0.39 is 12.0 Å². The molecule has 0 aliphatic rings. The summed E-state index contributed by atoms with van der Waals surface area (Å²) < 4.78 is 0. The summed E-state index contributed by atoms with van der Waals surface area (Å²) in [6.45, 7) is 2.03. The van der Waals surface area contributed by atoms with E-state index in [4.69, 9.17) is 0 Å². The van der Waals surface area contributed by atoms with E-state index in [9.17, 15) is 14.7 Å². The van der Waals surface area contributed by atoms with Gasteiger partial charge in [-0.3, -0.25) is 4.79 Å². The largest absolute Gasteiger partial charge is 0.480 e. The van der Waals surface area contributed by atoms with Gasteiger partial charge in [0.05, 0.1) is 6.42 Å². The molecular formula is C19H21NO3. The average molecular weight is 311 g/mol. The van der Waals surface area contributed by atoms with Crippen LogP contribution in [-0.4, -0.2) is 23.0 Å². The summed E-state index contributed by atoms with van der Waals surface area (Å²) in [5.41, 5.74) is 2.93. The minimum absolute atomic E-state index is 0.197. The highest BCUT2D eigenvalue weighted by Gasteiger charge is 2.20. The molecule has 1 amide bonds. The van der Waals surface area contributed by atoms with Crippen molar-refractivity contribution in [3.8, 4) is 0 Å². The van der Waals surface area contributed by atoms with Crippen molar-refractivity contribution in [2.75, 3.05) is 0 Å². The van der Waals surface area contributed by atoms with Crippen LogP contribution in [0.2, 0.25) is 0 Å². The number of carbonyl (C=O) groups is 2. The van der Waals surface area contributed by atoms with Gasteiger partial charge in [-0.05, 0) is 23.1 Å². The zero-order chi connectivity index (χ0) is 16.7. The van der Waals surface area contributed by atoms with Crippen LogP contribution >= 0.6 is 0 Å². The topological polar surface area (TPSA) is 66.4 Å². The first-order valence-electron chi connectivity index (χ1n) is 7.73. The average Bonchev–Trinajstić information content (AvgIpc) is 2.55. The van der Waals surface area contributed by atoms with Crippen molar-refractivity contribution in [3.63, 3.8) is 0 Å². The summed E-state index contributed by atoms with van der Waals surface area (Å²) in [5.74, 6) is -1.29. The van der Waals surface area contributed by atoms with Gasteiger partial charge in [-0.2, -0.15) is 0 Å². The molecule has 4 nitrogen and oxygen atoms in total. The van der Waals surface area contributed by atoms with E-state index in [1.165, 1.54) is 0 Å². The number of rotatable bonds is 7. The molecule has 2 aromatic carbocycles. The third-order valence-corrected chi connectivity index (χ3v) is 3.77. The Kier molecular flexibility index (Phi) is 5.92. The Morgan fingerprint density at radius 2 is 1.61 bits per heavy atom. The highest BCUT2D eigenvalue weighted by molar-refractivity contribution is 5.85. The Morgan fingerprint density at radius 3 is 2.22 bits per heavy atom. The van der Waals surface area contributed by atoms with Gasteiger partial charge in [0, 0.05) is 6.42 Å². The van der Waals surface area contributed by atoms with Gasteiger partial charge in [-0.1, -0.05) is 61.5 Å². The maximum atomic E-state index is 12.2. The van der Waals surface area contributed by atoms with Crippen LogP contribution in [0.3, 0.4) is 0 Å². The molecule has 0 spiro atoms. The molecule has 2 aromatic rings. The number of aliphatic carboxylic acids is 1. The number of amides is 1. The minimum Gasteiger partial charge on any atom is -0.480 e. The first-order chi connectivity index (χ1) is 11.1. The third kappa shape index (κ3) is 4.95. The Labute approximate surface area is 136 Å². The molecule has 120 valence electrons. The monoisotopic (exact) mass is 311 g/mol. The van der Waals surface area contributed by atoms with E-state index in [1.807, 2.05) is 61.5 Å². The summed E-state index contributed by atoms with van der Waals surface area (Å²) in [4.78, 5) is 23.6. The molecule has 1 atom stereocenters. The second-order valence-corrected chi connectivity index (χ2v) is 5.45. The molecule has 0 aliphatic carbocycles. The molecule has 2 rings (SSSR count). The van der Waals surface area contributed by atoms with Crippen LogP contribution in [0.1, 0.15) is 23.6 Å². The minimum atomic E-state index is -1.02.